The molecule has 0 aliphatic carbocycles. The van der Waals surface area contributed by atoms with E-state index < -0.39 is 138 Å². The minimum absolute atomic E-state index is 0.00568. The van der Waals surface area contributed by atoms with Crippen molar-refractivity contribution < 1.29 is 57.8 Å². The lowest BCUT2D eigenvalue weighted by atomic mass is 9.96. The molecule has 2 aliphatic rings. The van der Waals surface area contributed by atoms with E-state index in [9.17, 15) is 57.8 Å². The molecular weight excluding hydrogens is 1290 g/mol. The third-order valence-electron chi connectivity index (χ3n) is 17.2. The van der Waals surface area contributed by atoms with Gasteiger partial charge < -0.3 is 109 Å². The normalized spacial score (nSPS) is 16.8. The van der Waals surface area contributed by atoms with Crippen molar-refractivity contribution in [3.63, 3.8) is 0 Å². The number of nitrogens with zero attached hydrogens (tertiary/aromatic N) is 5. The van der Waals surface area contributed by atoms with Crippen LogP contribution in [0.4, 0.5) is 0 Å². The highest BCUT2D eigenvalue weighted by molar-refractivity contribution is 5.99. The van der Waals surface area contributed by atoms with Crippen molar-refractivity contribution in [1.29, 1.82) is 0 Å². The average Bonchev–Trinajstić information content (AvgIpc) is 1.61. The van der Waals surface area contributed by atoms with Gasteiger partial charge in [0.15, 0.2) is 17.9 Å². The van der Waals surface area contributed by atoms with Crippen molar-refractivity contribution in [3.05, 3.63) is 65.7 Å². The smallest absolute Gasteiger partial charge is 0.245 e. The standard InChI is InChI=1S/C66H108N22O12/c1-5-39(4)53(62(99)83-47(21-13-31-78-66(74)75)63(100)88-33-15-23-51(88)61(98)80-44(54(69)91)18-9-10-28-67)86-57(94)46(20-12-30-77-65(72)73)81-56(93)45(19-11-29-76-64(70)71)82-58(95)48(34-38(2)3)84-59(96)49(36-40-16-7-6-8-17-40)85-60(97)50-22-14-32-87(50)52(90)37-79-55(92)43(68)35-41-24-26-42(89)27-25-41/h6-8,16-17,24-27,38-39,43-51,53,89H,5,9-15,18-23,28-37,67-68H2,1-4H3,(H2,69,91)(H,79,92)(H,80,98)(H,81,93)(H,82,95)(H,83,99)(H,84,96)(H,85,97)(H,86,94)(H4,70,71,76)(H4,72,73,77)(H4,74,75,78)/t39-,43-,44-,45-,46-,47-,48-,49-,50+,51-,53-/m0/s1. The average molecular weight is 1400 g/mol. The molecule has 34 heteroatoms. The first kappa shape index (κ1) is 82.6. The van der Waals surface area contributed by atoms with Crippen molar-refractivity contribution in [2.24, 2.45) is 78.4 Å². The zero-order chi connectivity index (χ0) is 74.0. The number of aromatic hydroxyl groups is 1. The first-order chi connectivity index (χ1) is 47.5. The Kier molecular flexibility index (Phi) is 35.4. The minimum Gasteiger partial charge on any atom is -0.508 e. The van der Waals surface area contributed by atoms with Crippen LogP contribution >= 0.6 is 0 Å². The summed E-state index contributed by atoms with van der Waals surface area (Å²) in [5, 5.41) is 31.6. The molecule has 0 spiro atoms. The van der Waals surface area contributed by atoms with Gasteiger partial charge in [0.1, 0.15) is 60.1 Å². The first-order valence-corrected chi connectivity index (χ1v) is 34.3. The molecule has 4 rings (SSSR count). The molecule has 2 fully saturated rings. The van der Waals surface area contributed by atoms with Crippen LogP contribution in [0.2, 0.25) is 0 Å². The fourth-order valence-corrected chi connectivity index (χ4v) is 11.6. The Morgan fingerprint density at radius 1 is 0.520 bits per heavy atom. The quantitative estimate of drug-likeness (QED) is 0.0170. The zero-order valence-electron chi connectivity index (χ0n) is 58.0. The summed E-state index contributed by atoms with van der Waals surface area (Å²) in [4.78, 5) is 170. The van der Waals surface area contributed by atoms with Gasteiger partial charge in [-0.2, -0.15) is 0 Å². The predicted octanol–water partition coefficient (Wildman–Crippen LogP) is -4.14. The number of nitrogens with two attached hydrogens (primary N) is 9. The summed E-state index contributed by atoms with van der Waals surface area (Å²) in [6, 6.07) is 2.68. The molecule has 100 heavy (non-hydrogen) atoms. The van der Waals surface area contributed by atoms with E-state index in [0.29, 0.717) is 49.8 Å². The number of aliphatic imine (C=N–C) groups is 3. The summed E-state index contributed by atoms with van der Waals surface area (Å²) < 4.78 is 0. The largest absolute Gasteiger partial charge is 0.508 e. The first-order valence-electron chi connectivity index (χ1n) is 34.3. The summed E-state index contributed by atoms with van der Waals surface area (Å²) >= 11 is 0. The molecule has 0 aromatic heterocycles. The molecule has 11 atom stereocenters. The van der Waals surface area contributed by atoms with Gasteiger partial charge in [0, 0.05) is 39.1 Å². The summed E-state index contributed by atoms with van der Waals surface area (Å²) in [7, 11) is 0. The number of phenolic OH excluding ortho intramolecular Hbond substituents is 1. The predicted molar refractivity (Wildman–Crippen MR) is 377 cm³/mol. The number of amides is 11. The van der Waals surface area contributed by atoms with Crippen molar-refractivity contribution in [2.75, 3.05) is 45.8 Å². The Balaban J connectivity index is 1.61. The number of carbonyl (C=O) groups excluding carboxylic acids is 11. The van der Waals surface area contributed by atoms with E-state index in [-0.39, 0.29) is 139 Å². The Labute approximate surface area is 583 Å². The monoisotopic (exact) mass is 1400 g/mol. The van der Waals surface area contributed by atoms with E-state index in [1.165, 1.54) is 21.9 Å². The Hall–Kier alpha value is -9.86. The van der Waals surface area contributed by atoms with Gasteiger partial charge in [-0.05, 0) is 138 Å². The lowest BCUT2D eigenvalue weighted by Gasteiger charge is -2.32. The highest BCUT2D eigenvalue weighted by Gasteiger charge is 2.42. The van der Waals surface area contributed by atoms with E-state index in [1.807, 2.05) is 0 Å². The molecule has 34 nitrogen and oxygen atoms in total. The van der Waals surface area contributed by atoms with Crippen LogP contribution in [-0.2, 0) is 65.6 Å². The molecule has 0 radical (unpaired) electrons. The van der Waals surface area contributed by atoms with E-state index in [2.05, 4.69) is 57.5 Å². The van der Waals surface area contributed by atoms with E-state index >= 15 is 0 Å². The number of nitrogens with one attached hydrogen (secondary N) is 8. The zero-order valence-corrected chi connectivity index (χ0v) is 58.0. The van der Waals surface area contributed by atoms with Gasteiger partial charge >= 0.3 is 0 Å². The summed E-state index contributed by atoms with van der Waals surface area (Å²) in [5.41, 5.74) is 52.5. The molecule has 0 saturated carbocycles. The summed E-state index contributed by atoms with van der Waals surface area (Å²) in [6.45, 7) is 7.38. The van der Waals surface area contributed by atoms with Crippen LogP contribution in [0, 0.1) is 11.8 Å². The Morgan fingerprint density at radius 2 is 0.980 bits per heavy atom. The second kappa shape index (κ2) is 42.8. The number of hydrogen-bond donors (Lipinski definition) is 18. The molecule has 0 unspecified atom stereocenters. The molecule has 2 aliphatic heterocycles. The molecule has 554 valence electrons. The molecule has 2 aromatic carbocycles. The SMILES string of the molecule is CC[C@H](C)[C@H](NC(=O)[C@H](CCCN=C(N)N)NC(=O)[C@H](CCCN=C(N)N)NC(=O)[C@H](CC(C)C)NC(=O)[C@H](Cc1ccccc1)NC(=O)[C@H]1CCCN1C(=O)CNC(=O)[C@@H](N)Cc1ccc(O)cc1)C(=O)N[C@@H](CCCN=C(N)N)C(=O)N1CCC[C@H]1C(=O)N[C@@H](CCCCN)C(N)=O. The number of guanidine groups is 3. The third kappa shape index (κ3) is 28.5. The van der Waals surface area contributed by atoms with Crippen LogP contribution in [0.25, 0.3) is 0 Å². The number of unbranched alkanes of at least 4 members (excludes halogenated alkanes) is 1. The highest BCUT2D eigenvalue weighted by atomic mass is 16.3. The van der Waals surface area contributed by atoms with Crippen LogP contribution in [-0.4, -0.2) is 204 Å². The van der Waals surface area contributed by atoms with Crippen LogP contribution in [0.15, 0.2) is 69.6 Å². The van der Waals surface area contributed by atoms with Crippen molar-refractivity contribution in [3.8, 4) is 5.75 Å². The lowest BCUT2D eigenvalue weighted by Crippen LogP contribution is -2.61. The van der Waals surface area contributed by atoms with Gasteiger partial charge in [0.25, 0.3) is 0 Å². The van der Waals surface area contributed by atoms with Crippen LogP contribution < -0.4 is 94.1 Å². The number of likely N-dealkylation sites (tertiary alicyclic amines) is 2. The Bertz CT molecular complexity index is 3130. The molecule has 11 amide bonds. The van der Waals surface area contributed by atoms with E-state index in [0.717, 1.165) is 0 Å². The Morgan fingerprint density at radius 3 is 1.50 bits per heavy atom. The number of primary amides is 1. The fourth-order valence-electron chi connectivity index (χ4n) is 11.6. The van der Waals surface area contributed by atoms with Gasteiger partial charge in [-0.1, -0.05) is 76.6 Å². The second-order valence-corrected chi connectivity index (χ2v) is 25.7. The van der Waals surface area contributed by atoms with E-state index in [4.69, 9.17) is 51.6 Å². The summed E-state index contributed by atoms with van der Waals surface area (Å²) in [5.74, 6) is -9.39. The number of carbonyl (C=O) groups is 11. The van der Waals surface area contributed by atoms with Crippen molar-refractivity contribution in [1.82, 2.24) is 52.3 Å². The fraction of sp³-hybridized carbons (Fsp3) is 0.606. The maximum atomic E-state index is 14.8. The third-order valence-corrected chi connectivity index (χ3v) is 17.2. The van der Waals surface area contributed by atoms with Crippen LogP contribution in [0.5, 0.6) is 5.75 Å². The molecular formula is C66H108N22O12. The van der Waals surface area contributed by atoms with E-state index in [1.54, 1.807) is 70.2 Å². The van der Waals surface area contributed by atoms with Gasteiger partial charge in [-0.25, -0.2) is 0 Å². The maximum Gasteiger partial charge on any atom is 0.245 e. The second-order valence-electron chi connectivity index (χ2n) is 25.7. The molecule has 2 saturated heterocycles. The number of benzene rings is 2. The maximum absolute atomic E-state index is 14.8. The number of phenols is 1. The van der Waals surface area contributed by atoms with Gasteiger partial charge in [-0.15, -0.1) is 0 Å². The van der Waals surface area contributed by atoms with Gasteiger partial charge in [0.2, 0.25) is 65.0 Å². The van der Waals surface area contributed by atoms with Crippen LogP contribution in [0.3, 0.4) is 0 Å². The number of rotatable bonds is 43. The molecule has 2 aromatic rings. The van der Waals surface area contributed by atoms with Gasteiger partial charge in [-0.3, -0.25) is 67.7 Å². The van der Waals surface area contributed by atoms with Crippen LogP contribution in [0.1, 0.15) is 135 Å². The molecule has 2 heterocycles. The highest BCUT2D eigenvalue weighted by Crippen LogP contribution is 2.23. The lowest BCUT2D eigenvalue weighted by molar-refractivity contribution is -0.142. The van der Waals surface area contributed by atoms with Crippen molar-refractivity contribution >= 4 is 82.9 Å². The molecule has 0 bridgehead atoms. The minimum atomic E-state index is -1.43. The topological polar surface area (TPSA) is 582 Å². The molecule has 27 N–H and O–H groups in total. The number of hydrogen-bond acceptors (Lipinski definition) is 17. The van der Waals surface area contributed by atoms with Crippen molar-refractivity contribution in [2.45, 2.75) is 197 Å². The van der Waals surface area contributed by atoms with Gasteiger partial charge in [0.05, 0.1) is 12.6 Å². The summed E-state index contributed by atoms with van der Waals surface area (Å²) in [6.07, 6.45) is 3.25.